The van der Waals surface area contributed by atoms with Gasteiger partial charge in [-0.3, -0.25) is 0 Å². The van der Waals surface area contributed by atoms with Gasteiger partial charge in [0, 0.05) is 33.8 Å². The number of fused-ring (bicyclic) bond motifs is 14. The Hall–Kier alpha value is -4.70. The van der Waals surface area contributed by atoms with Crippen LogP contribution < -0.4 is 26.4 Å². The van der Waals surface area contributed by atoms with Crippen molar-refractivity contribution in [2.75, 3.05) is 9.80 Å². The van der Waals surface area contributed by atoms with Gasteiger partial charge in [0.25, 0.3) is 6.71 Å². The van der Waals surface area contributed by atoms with Crippen molar-refractivity contribution in [3.63, 3.8) is 0 Å². The average Bonchev–Trinajstić information content (AvgIpc) is 3.88. The lowest BCUT2D eigenvalue weighted by Crippen LogP contribution is -2.61. The molecule has 2 fully saturated rings. The molecule has 0 N–H and O–H groups in total. The van der Waals surface area contributed by atoms with E-state index in [1.54, 1.807) is 16.7 Å². The molecule has 8 aliphatic rings. The first-order valence-corrected chi connectivity index (χ1v) is 25.9. The maximum absolute atomic E-state index is 7.72. The van der Waals surface area contributed by atoms with Gasteiger partial charge in [0.05, 0.1) is 11.3 Å². The van der Waals surface area contributed by atoms with E-state index in [1.807, 2.05) is 0 Å². The molecule has 0 radical (unpaired) electrons. The zero-order valence-corrected chi connectivity index (χ0v) is 42.3. The largest absolute Gasteiger partial charge is 0.468 e. The molecule has 1 aromatic heterocycles. The zero-order chi connectivity index (χ0) is 46.0. The normalized spacial score (nSPS) is 28.1. The van der Waals surface area contributed by atoms with Crippen molar-refractivity contribution in [2.45, 2.75) is 192 Å². The molecule has 5 aromatic carbocycles. The molecule has 2 atom stereocenters. The summed E-state index contributed by atoms with van der Waals surface area (Å²) in [7, 11) is 0. The minimum atomic E-state index is -0.0953. The highest BCUT2D eigenvalue weighted by Crippen LogP contribution is 2.63. The Kier molecular flexibility index (Phi) is 7.97. The third-order valence-electron chi connectivity index (χ3n) is 19.8. The van der Waals surface area contributed by atoms with Crippen LogP contribution in [-0.2, 0) is 37.9 Å². The molecule has 3 heterocycles. The number of nitrogens with zero attached hydrogens (tertiary/aromatic N) is 2. The predicted molar refractivity (Wildman–Crippen MR) is 280 cm³/mol. The summed E-state index contributed by atoms with van der Waals surface area (Å²) in [5, 5.41) is 1.27. The summed E-state index contributed by atoms with van der Waals surface area (Å²) >= 11 is 0. The Morgan fingerprint density at radius 2 is 1.08 bits per heavy atom. The molecule has 4 bridgehead atoms. The number of rotatable bonds is 3. The highest BCUT2D eigenvalue weighted by atomic mass is 16.3. The van der Waals surface area contributed by atoms with Gasteiger partial charge in [-0.25, -0.2) is 0 Å². The molecule has 2 aliphatic heterocycles. The second-order valence-corrected chi connectivity index (χ2v) is 26.6. The van der Waals surface area contributed by atoms with Gasteiger partial charge in [-0.05, 0) is 212 Å². The van der Waals surface area contributed by atoms with Gasteiger partial charge in [-0.2, -0.15) is 0 Å². The van der Waals surface area contributed by atoms with Gasteiger partial charge in [0.1, 0.15) is 5.58 Å². The summed E-state index contributed by atoms with van der Waals surface area (Å²) < 4.78 is 7.72. The van der Waals surface area contributed by atoms with E-state index < -0.39 is 0 Å². The lowest BCUT2D eigenvalue weighted by molar-refractivity contribution is 0.188. The molecule has 3 nitrogen and oxygen atoms in total. The van der Waals surface area contributed by atoms with E-state index >= 15 is 0 Å². The smallest absolute Gasteiger partial charge is 0.297 e. The quantitative estimate of drug-likeness (QED) is 0.165. The van der Waals surface area contributed by atoms with Crippen LogP contribution in [-0.4, -0.2) is 6.71 Å². The standard InChI is InChI=1S/C62H71BN2O/c1-36(2)37-14-16-39(17-15-37)64-49-33-46-45(59(10)22-24-60(46,11)25-23-59)32-48(49)63-53-50(64)28-38(56(3,4)5)29-51(53)65(40-18-19-42-43(30-40)58(8,9)21-20-57(42,6)7)54-41-31-44-47(34-52(41)66-55(54)63)62(13)27-26-61(44,12)35-62/h14-19,28-34,36H,20-27,35H2,1-13H3. The second-order valence-electron chi connectivity index (χ2n) is 26.6. The Bertz CT molecular complexity index is 3110. The molecule has 0 amide bonds. The Morgan fingerprint density at radius 1 is 0.530 bits per heavy atom. The number of hydrogen-bond acceptors (Lipinski definition) is 3. The predicted octanol–water partition coefficient (Wildman–Crippen LogP) is 15.1. The zero-order valence-electron chi connectivity index (χ0n) is 42.3. The van der Waals surface area contributed by atoms with E-state index in [0.29, 0.717) is 5.92 Å². The van der Waals surface area contributed by atoms with Crippen LogP contribution in [0.3, 0.4) is 0 Å². The van der Waals surface area contributed by atoms with Crippen LogP contribution in [0, 0.1) is 0 Å². The van der Waals surface area contributed by atoms with Crippen molar-refractivity contribution in [3.8, 4) is 0 Å². The molecule has 4 heteroatoms. The van der Waals surface area contributed by atoms with E-state index in [4.69, 9.17) is 4.42 Å². The van der Waals surface area contributed by atoms with Crippen molar-refractivity contribution in [2.24, 2.45) is 0 Å². The van der Waals surface area contributed by atoms with Gasteiger partial charge in [0.15, 0.2) is 0 Å². The topological polar surface area (TPSA) is 19.6 Å². The van der Waals surface area contributed by atoms with Crippen molar-refractivity contribution in [1.82, 2.24) is 0 Å². The maximum Gasteiger partial charge on any atom is 0.297 e. The molecule has 14 rings (SSSR count). The van der Waals surface area contributed by atoms with Crippen LogP contribution in [0.15, 0.2) is 83.3 Å². The van der Waals surface area contributed by atoms with Gasteiger partial charge >= 0.3 is 0 Å². The molecule has 6 aromatic rings. The number of anilines is 6. The highest BCUT2D eigenvalue weighted by molar-refractivity contribution is 7.00. The molecular formula is C62H71BN2O. The van der Waals surface area contributed by atoms with Crippen LogP contribution in [0.5, 0.6) is 0 Å². The Labute approximate surface area is 395 Å². The first-order valence-electron chi connectivity index (χ1n) is 25.9. The Morgan fingerprint density at radius 3 is 1.70 bits per heavy atom. The van der Waals surface area contributed by atoms with Crippen LogP contribution in [0.2, 0.25) is 0 Å². The van der Waals surface area contributed by atoms with Gasteiger partial charge in [-0.1, -0.05) is 114 Å². The summed E-state index contributed by atoms with van der Waals surface area (Å²) in [6, 6.07) is 32.8. The molecule has 2 unspecified atom stereocenters. The summed E-state index contributed by atoms with van der Waals surface area (Å²) in [6.07, 6.45) is 11.2. The lowest BCUT2D eigenvalue weighted by atomic mass is 9.34. The number of furan rings is 1. The van der Waals surface area contributed by atoms with E-state index in [0.717, 1.165) is 11.2 Å². The van der Waals surface area contributed by atoms with Crippen LogP contribution >= 0.6 is 0 Å². The fourth-order valence-electron chi connectivity index (χ4n) is 15.2. The molecular weight excluding hydrogens is 800 g/mol. The monoisotopic (exact) mass is 871 g/mol. The van der Waals surface area contributed by atoms with E-state index in [2.05, 4.69) is 179 Å². The van der Waals surface area contributed by atoms with E-state index in [9.17, 15) is 0 Å². The maximum atomic E-state index is 7.72. The van der Waals surface area contributed by atoms with Gasteiger partial charge in [-0.15, -0.1) is 0 Å². The van der Waals surface area contributed by atoms with Crippen LogP contribution in [0.4, 0.5) is 34.1 Å². The van der Waals surface area contributed by atoms with Gasteiger partial charge < -0.3 is 14.2 Å². The highest BCUT2D eigenvalue weighted by Gasteiger charge is 2.55. The lowest BCUT2D eigenvalue weighted by Gasteiger charge is -2.53. The third-order valence-corrected chi connectivity index (χ3v) is 19.8. The second kappa shape index (κ2) is 12.7. The SMILES string of the molecule is CC(C)c1ccc(N2c3cc4c(cc3B3c5oc6cc7c(cc6c5N(c5ccc6c(c5)C(C)(C)CCC6(C)C)c5cc(C(C)(C)C)cc2c53)C2(C)CCC7(C)C2)C2(C)CCC4(C)CC2)cc1. The van der Waals surface area contributed by atoms with Crippen molar-refractivity contribution >= 4 is 68.4 Å². The van der Waals surface area contributed by atoms with Crippen molar-refractivity contribution in [3.05, 3.63) is 123 Å². The number of benzene rings is 5. The first-order chi connectivity index (χ1) is 31.0. The van der Waals surface area contributed by atoms with E-state index in [1.165, 1.54) is 136 Å². The molecule has 338 valence electrons. The minimum absolute atomic E-state index is 0.0586. The minimum Gasteiger partial charge on any atom is -0.468 e. The van der Waals surface area contributed by atoms with Crippen molar-refractivity contribution in [1.29, 1.82) is 0 Å². The first kappa shape index (κ1) is 41.5. The summed E-state index contributed by atoms with van der Waals surface area (Å²) in [6.45, 7) is 31.8. The van der Waals surface area contributed by atoms with Gasteiger partial charge in [0.2, 0.25) is 0 Å². The number of hydrogen-bond donors (Lipinski definition) is 0. The van der Waals surface area contributed by atoms with Crippen LogP contribution in [0.25, 0.3) is 11.0 Å². The third kappa shape index (κ3) is 5.34. The Balaban J connectivity index is 1.17. The van der Waals surface area contributed by atoms with Crippen molar-refractivity contribution < 1.29 is 4.42 Å². The average molecular weight is 871 g/mol. The molecule has 2 saturated carbocycles. The fraction of sp³-hybridized carbons (Fsp3) is 0.484. The van der Waals surface area contributed by atoms with E-state index in [-0.39, 0.29) is 44.6 Å². The molecule has 66 heavy (non-hydrogen) atoms. The summed E-state index contributed by atoms with van der Waals surface area (Å²) in [5.74, 6) is 0.464. The van der Waals surface area contributed by atoms with Crippen LogP contribution in [0.1, 0.15) is 198 Å². The summed E-state index contributed by atoms with van der Waals surface area (Å²) in [4.78, 5) is 5.37. The molecule has 0 saturated heterocycles. The fourth-order valence-corrected chi connectivity index (χ4v) is 15.2. The summed E-state index contributed by atoms with van der Waals surface area (Å²) in [5.41, 5.74) is 25.4. The molecule has 0 spiro atoms. The molecule has 6 aliphatic carbocycles.